The minimum atomic E-state index is -0.724. The van der Waals surface area contributed by atoms with Crippen molar-refractivity contribution in [3.8, 4) is 0 Å². The molecule has 0 aliphatic rings. The summed E-state index contributed by atoms with van der Waals surface area (Å²) in [5.41, 5.74) is 6.25. The van der Waals surface area contributed by atoms with Gasteiger partial charge in [0.25, 0.3) is 0 Å². The Morgan fingerprint density at radius 1 is 1.47 bits per heavy atom. The molecule has 0 heterocycles. The quantitative estimate of drug-likeness (QED) is 0.399. The van der Waals surface area contributed by atoms with Crippen LogP contribution in [0.15, 0.2) is 11.3 Å². The van der Waals surface area contributed by atoms with E-state index >= 15 is 0 Å². The topological polar surface area (TPSA) is 55.1 Å². The Kier molecular flexibility index (Phi) is 6.86. The number of Topliss-reactive ketones (excluding diaryl/α,β-unsaturated/α-hetero) is 1. The molecule has 0 bridgehead atoms. The fourth-order valence-electron chi connectivity index (χ4n) is 1.26. The Bertz CT molecular complexity index is 269. The summed E-state index contributed by atoms with van der Waals surface area (Å²) < 4.78 is 12.2. The van der Waals surface area contributed by atoms with E-state index in [0.29, 0.717) is 18.5 Å². The van der Waals surface area contributed by atoms with Gasteiger partial charge in [0.1, 0.15) is 4.99 Å². The molecule has 0 aromatic carbocycles. The first-order valence-corrected chi connectivity index (χ1v) is 5.35. The zero-order valence-electron chi connectivity index (χ0n) is 9.10. The van der Waals surface area contributed by atoms with Crippen LogP contribution in [-0.4, -0.2) is 17.6 Å². The van der Waals surface area contributed by atoms with Gasteiger partial charge in [0.2, 0.25) is 0 Å². The molecule has 0 unspecified atom stereocenters. The normalized spacial score (nSPS) is 11.9. The summed E-state index contributed by atoms with van der Waals surface area (Å²) in [6.45, 7) is 2.94. The number of nitrogens with two attached hydrogens (primary N) is 1. The lowest BCUT2D eigenvalue weighted by atomic mass is 10.0. The van der Waals surface area contributed by atoms with Crippen LogP contribution in [-0.2, 0) is 4.79 Å². The third kappa shape index (κ3) is 4.38. The lowest BCUT2D eigenvalue weighted by Gasteiger charge is -2.12. The first-order valence-electron chi connectivity index (χ1n) is 4.94. The average molecular weight is 232 g/mol. The van der Waals surface area contributed by atoms with E-state index in [4.69, 9.17) is 18.0 Å². The molecule has 15 heavy (non-hydrogen) atoms. The third-order valence-electron chi connectivity index (χ3n) is 1.93. The molecule has 86 valence electrons. The molecule has 0 radical (unpaired) electrons. The molecular weight excluding hydrogens is 215 g/mol. The molecule has 0 saturated heterocycles. The van der Waals surface area contributed by atoms with Gasteiger partial charge in [-0.2, -0.15) is 0 Å². The smallest absolute Gasteiger partial charge is 0.167 e. The predicted octanol–water partition coefficient (Wildman–Crippen LogP) is 1.82. The van der Waals surface area contributed by atoms with Crippen molar-refractivity contribution in [2.45, 2.75) is 33.1 Å². The summed E-state index contributed by atoms with van der Waals surface area (Å²) in [6.07, 6.45) is 1.68. The SMILES string of the molecule is CCC/C(NCF)=C(\C(=O)CC)C(N)=S. The Balaban J connectivity index is 5.13. The van der Waals surface area contributed by atoms with Crippen LogP contribution >= 0.6 is 12.2 Å². The van der Waals surface area contributed by atoms with Crippen LogP contribution < -0.4 is 11.1 Å². The number of rotatable bonds is 7. The van der Waals surface area contributed by atoms with Crippen molar-refractivity contribution >= 4 is 23.0 Å². The summed E-state index contributed by atoms with van der Waals surface area (Å²) >= 11 is 4.80. The second-order valence-electron chi connectivity index (χ2n) is 3.05. The van der Waals surface area contributed by atoms with E-state index in [9.17, 15) is 9.18 Å². The number of alkyl halides is 1. The lowest BCUT2D eigenvalue weighted by molar-refractivity contribution is -0.114. The van der Waals surface area contributed by atoms with Crippen molar-refractivity contribution in [2.75, 3.05) is 6.80 Å². The van der Waals surface area contributed by atoms with E-state index in [2.05, 4.69) is 5.32 Å². The lowest BCUT2D eigenvalue weighted by Crippen LogP contribution is -2.26. The molecule has 0 amide bonds. The Morgan fingerprint density at radius 2 is 2.07 bits per heavy atom. The molecule has 5 heteroatoms. The molecule has 3 nitrogen and oxygen atoms in total. The monoisotopic (exact) mass is 232 g/mol. The largest absolute Gasteiger partial charge is 0.389 e. The van der Waals surface area contributed by atoms with E-state index in [-0.39, 0.29) is 16.3 Å². The van der Waals surface area contributed by atoms with Gasteiger partial charge in [-0.3, -0.25) is 4.79 Å². The van der Waals surface area contributed by atoms with Gasteiger partial charge in [0, 0.05) is 12.1 Å². The van der Waals surface area contributed by atoms with Gasteiger partial charge in [0.15, 0.2) is 12.6 Å². The molecule has 0 aromatic rings. The number of allylic oxidation sites excluding steroid dienone is 1. The van der Waals surface area contributed by atoms with Crippen molar-refractivity contribution in [1.82, 2.24) is 5.32 Å². The van der Waals surface area contributed by atoms with Gasteiger partial charge in [-0.1, -0.05) is 32.5 Å². The first kappa shape index (κ1) is 14.0. The Hall–Kier alpha value is -0.970. The second-order valence-corrected chi connectivity index (χ2v) is 3.49. The maximum absolute atomic E-state index is 12.2. The van der Waals surface area contributed by atoms with E-state index in [1.165, 1.54) is 0 Å². The minimum absolute atomic E-state index is 0.0336. The highest BCUT2D eigenvalue weighted by Crippen LogP contribution is 2.12. The van der Waals surface area contributed by atoms with Crippen molar-refractivity contribution in [3.05, 3.63) is 11.3 Å². The number of hydrogen-bond donors (Lipinski definition) is 2. The summed E-state index contributed by atoms with van der Waals surface area (Å²) in [4.78, 5) is 11.6. The maximum atomic E-state index is 12.2. The highest BCUT2D eigenvalue weighted by Gasteiger charge is 2.15. The summed E-state index contributed by atoms with van der Waals surface area (Å²) in [6, 6.07) is 0. The van der Waals surface area contributed by atoms with Crippen LogP contribution in [0.4, 0.5) is 4.39 Å². The van der Waals surface area contributed by atoms with Crippen molar-refractivity contribution in [3.63, 3.8) is 0 Å². The minimum Gasteiger partial charge on any atom is -0.389 e. The number of carbonyl (C=O) groups is 1. The Morgan fingerprint density at radius 3 is 2.40 bits per heavy atom. The van der Waals surface area contributed by atoms with Crippen molar-refractivity contribution < 1.29 is 9.18 Å². The maximum Gasteiger partial charge on any atom is 0.167 e. The van der Waals surface area contributed by atoms with Gasteiger partial charge in [0.05, 0.1) is 5.57 Å². The van der Waals surface area contributed by atoms with Crippen LogP contribution in [0.5, 0.6) is 0 Å². The molecule has 0 fully saturated rings. The predicted molar refractivity (Wildman–Crippen MR) is 63.1 cm³/mol. The number of nitrogens with one attached hydrogen (secondary N) is 1. The first-order chi connectivity index (χ1) is 7.08. The number of carbonyl (C=O) groups excluding carboxylic acids is 1. The molecule has 0 aliphatic heterocycles. The van der Waals surface area contributed by atoms with Gasteiger partial charge < -0.3 is 11.1 Å². The van der Waals surface area contributed by atoms with Crippen molar-refractivity contribution in [2.24, 2.45) is 5.73 Å². The highest BCUT2D eigenvalue weighted by atomic mass is 32.1. The molecule has 0 rings (SSSR count). The average Bonchev–Trinajstić information content (AvgIpc) is 2.18. The van der Waals surface area contributed by atoms with Crippen LogP contribution in [0.1, 0.15) is 33.1 Å². The molecule has 3 N–H and O–H groups in total. The molecule has 0 atom stereocenters. The summed E-state index contributed by atoms with van der Waals surface area (Å²) in [5.74, 6) is -0.146. The zero-order valence-corrected chi connectivity index (χ0v) is 9.92. The van der Waals surface area contributed by atoms with E-state index in [1.54, 1.807) is 6.92 Å². The standard InChI is InChI=1S/C10H17FN2OS/c1-3-5-7(13-6-11)9(10(12)15)8(14)4-2/h13H,3-6H2,1-2H3,(H2,12,15)/b9-7-. The summed E-state index contributed by atoms with van der Waals surface area (Å²) in [5, 5.41) is 2.50. The van der Waals surface area contributed by atoms with E-state index in [1.807, 2.05) is 6.92 Å². The molecule has 0 spiro atoms. The van der Waals surface area contributed by atoms with Crippen molar-refractivity contribution in [1.29, 1.82) is 0 Å². The van der Waals surface area contributed by atoms with Gasteiger partial charge in [-0.25, -0.2) is 4.39 Å². The van der Waals surface area contributed by atoms with Gasteiger partial charge in [-0.05, 0) is 6.42 Å². The molecule has 0 aromatic heterocycles. The fraction of sp³-hybridized carbons (Fsp3) is 0.600. The van der Waals surface area contributed by atoms with Crippen LogP contribution in [0.3, 0.4) is 0 Å². The number of ketones is 1. The van der Waals surface area contributed by atoms with E-state index < -0.39 is 6.80 Å². The number of hydrogen-bond acceptors (Lipinski definition) is 3. The second kappa shape index (κ2) is 7.34. The fourth-order valence-corrected chi connectivity index (χ4v) is 1.50. The number of thiocarbonyl (C=S) groups is 1. The van der Waals surface area contributed by atoms with Crippen LogP contribution in [0.25, 0.3) is 0 Å². The van der Waals surface area contributed by atoms with Crippen LogP contribution in [0.2, 0.25) is 0 Å². The number of halogens is 1. The molecule has 0 aliphatic carbocycles. The zero-order chi connectivity index (χ0) is 11.8. The molecular formula is C10H17FN2OS. The highest BCUT2D eigenvalue weighted by molar-refractivity contribution is 7.80. The molecule has 0 saturated carbocycles. The third-order valence-corrected chi connectivity index (χ3v) is 2.13. The van der Waals surface area contributed by atoms with Gasteiger partial charge >= 0.3 is 0 Å². The summed E-state index contributed by atoms with van der Waals surface area (Å²) in [7, 11) is 0. The van der Waals surface area contributed by atoms with Crippen LogP contribution in [0, 0.1) is 0 Å². The van der Waals surface area contributed by atoms with Gasteiger partial charge in [-0.15, -0.1) is 0 Å². The van der Waals surface area contributed by atoms with E-state index in [0.717, 1.165) is 6.42 Å². The Labute approximate surface area is 94.9 Å².